The molecule has 1 aromatic heterocycles. The van der Waals surface area contributed by atoms with Gasteiger partial charge in [-0.05, 0) is 48.5 Å². The van der Waals surface area contributed by atoms with E-state index in [2.05, 4.69) is 15.6 Å². The van der Waals surface area contributed by atoms with Crippen molar-refractivity contribution in [3.05, 3.63) is 88.7 Å². The molecule has 34 heavy (non-hydrogen) atoms. The number of hydrogen-bond acceptors (Lipinski definition) is 7. The number of ether oxygens (including phenoxy) is 1. The van der Waals surface area contributed by atoms with Gasteiger partial charge in [0.25, 0.3) is 0 Å². The number of benzene rings is 2. The van der Waals surface area contributed by atoms with E-state index in [1.165, 1.54) is 18.2 Å². The van der Waals surface area contributed by atoms with E-state index in [0.717, 1.165) is 35.7 Å². The summed E-state index contributed by atoms with van der Waals surface area (Å²) >= 11 is 5.83. The first kappa shape index (κ1) is 23.7. The van der Waals surface area contributed by atoms with E-state index < -0.39 is 41.0 Å². The third kappa shape index (κ3) is 4.63. The topological polar surface area (TPSA) is 73.2 Å². The Kier molecular flexibility index (Phi) is 6.34. The van der Waals surface area contributed by atoms with Crippen LogP contribution in [0.25, 0.3) is 0 Å². The zero-order valence-electron chi connectivity index (χ0n) is 17.6. The first-order chi connectivity index (χ1) is 16.1. The van der Waals surface area contributed by atoms with Gasteiger partial charge in [-0.2, -0.15) is 8.78 Å². The molecule has 178 valence electrons. The molecule has 0 saturated carbocycles. The average Bonchev–Trinajstić information content (AvgIpc) is 3.19. The second kappa shape index (κ2) is 9.09. The van der Waals surface area contributed by atoms with Crippen LogP contribution in [0.1, 0.15) is 11.3 Å². The number of hydrazone groups is 1. The molecule has 12 heteroatoms. The average molecular weight is 496 g/mol. The van der Waals surface area contributed by atoms with E-state index in [0.29, 0.717) is 16.8 Å². The molecule has 1 aliphatic heterocycles. The maximum Gasteiger partial charge on any atom is 0.323 e. The van der Waals surface area contributed by atoms with Crippen LogP contribution < -0.4 is 10.3 Å². The molecule has 0 saturated heterocycles. The number of pyridine rings is 1. The van der Waals surface area contributed by atoms with Gasteiger partial charge in [0.2, 0.25) is 0 Å². The van der Waals surface area contributed by atoms with E-state index in [1.54, 1.807) is 24.3 Å². The van der Waals surface area contributed by atoms with Crippen molar-refractivity contribution >= 4 is 17.9 Å². The molecule has 0 radical (unpaired) electrons. The van der Waals surface area contributed by atoms with Crippen molar-refractivity contribution in [2.75, 3.05) is 13.6 Å². The van der Waals surface area contributed by atoms with Gasteiger partial charge in [-0.25, -0.2) is 13.9 Å². The predicted octanol–water partition coefficient (Wildman–Crippen LogP) is 4.40. The van der Waals surface area contributed by atoms with Crippen LogP contribution in [-0.4, -0.2) is 40.1 Å². The zero-order chi connectivity index (χ0) is 24.5. The summed E-state index contributed by atoms with van der Waals surface area (Å²) in [5, 5.41) is 17.8. The second-order valence-electron chi connectivity index (χ2n) is 7.48. The van der Waals surface area contributed by atoms with Crippen molar-refractivity contribution in [3.63, 3.8) is 0 Å². The molecule has 1 unspecified atom stereocenters. The minimum absolute atomic E-state index is 0.147. The molecule has 4 rings (SSSR count). The lowest BCUT2D eigenvalue weighted by Crippen LogP contribution is -2.55. The summed E-state index contributed by atoms with van der Waals surface area (Å²) in [6.45, 7) is -0.846. The molecule has 3 aromatic rings. The van der Waals surface area contributed by atoms with Gasteiger partial charge in [-0.1, -0.05) is 11.6 Å². The van der Waals surface area contributed by atoms with E-state index in [4.69, 9.17) is 16.3 Å². The van der Waals surface area contributed by atoms with Gasteiger partial charge in [-0.15, -0.1) is 10.6 Å². The minimum atomic E-state index is -4.12. The Hall–Kier alpha value is -3.41. The molecular formula is C22H18ClF4N5O2. The third-order valence-corrected chi connectivity index (χ3v) is 5.29. The summed E-state index contributed by atoms with van der Waals surface area (Å²) in [5.41, 5.74) is -2.26. The maximum atomic E-state index is 15.8. The van der Waals surface area contributed by atoms with Crippen LogP contribution in [0.15, 0.2) is 65.9 Å². The molecule has 0 bridgehead atoms. The summed E-state index contributed by atoms with van der Waals surface area (Å²) < 4.78 is 65.2. The zero-order valence-corrected chi connectivity index (χ0v) is 18.3. The number of nitrogens with zero attached hydrogens (tertiary/aromatic N) is 4. The van der Waals surface area contributed by atoms with E-state index in [-0.39, 0.29) is 5.75 Å². The van der Waals surface area contributed by atoms with Crippen LogP contribution in [0, 0.1) is 11.6 Å². The number of rotatable bonds is 7. The normalized spacial score (nSPS) is 15.5. The predicted molar refractivity (Wildman–Crippen MR) is 116 cm³/mol. The largest absolute Gasteiger partial charge is 0.456 e. The first-order valence-corrected chi connectivity index (χ1v) is 10.2. The lowest BCUT2D eigenvalue weighted by molar-refractivity contribution is -0.207. The van der Waals surface area contributed by atoms with E-state index >= 15 is 8.78 Å². The maximum absolute atomic E-state index is 15.8. The van der Waals surface area contributed by atoms with Crippen molar-refractivity contribution in [3.8, 4) is 11.5 Å². The molecule has 7 nitrogen and oxygen atoms in total. The molecule has 2 heterocycles. The summed E-state index contributed by atoms with van der Waals surface area (Å²) in [5.74, 6) is -5.89. The quantitative estimate of drug-likeness (QED) is 0.474. The molecule has 1 atom stereocenters. The summed E-state index contributed by atoms with van der Waals surface area (Å²) in [6.07, 6.45) is 2.18. The lowest BCUT2D eigenvalue weighted by Gasteiger charge is -2.38. The number of nitrogens with one attached hydrogen (secondary N) is 1. The van der Waals surface area contributed by atoms with Gasteiger partial charge in [-0.3, -0.25) is 9.99 Å². The Bertz CT molecular complexity index is 1200. The van der Waals surface area contributed by atoms with Crippen LogP contribution in [0.2, 0.25) is 5.02 Å². The minimum Gasteiger partial charge on any atom is -0.456 e. The van der Waals surface area contributed by atoms with Crippen molar-refractivity contribution in [2.24, 2.45) is 5.10 Å². The van der Waals surface area contributed by atoms with Crippen LogP contribution in [0.4, 0.5) is 17.6 Å². The van der Waals surface area contributed by atoms with Gasteiger partial charge < -0.3 is 9.84 Å². The number of alkyl halides is 2. The standard InChI is InChI=1S/C22H18ClF4N5O2/c1-31-29-13-32(30-31)12-21(33,18-8-4-15(24)10-19(18)25)22(26,27)20-9-7-17(11-28-20)34-16-5-2-14(23)3-6-16/h2-11,13,30,33H,12H2,1H3. The summed E-state index contributed by atoms with van der Waals surface area (Å²) in [4.78, 5) is 3.75. The van der Waals surface area contributed by atoms with Gasteiger partial charge >= 0.3 is 5.92 Å². The molecular weight excluding hydrogens is 478 g/mol. The monoisotopic (exact) mass is 495 g/mol. The number of β-amino-alcohol motifs (C(OH)–C–C–N with tert-alkyl or cyclic N) is 1. The fourth-order valence-corrected chi connectivity index (χ4v) is 3.48. The van der Waals surface area contributed by atoms with E-state index in [1.807, 2.05) is 0 Å². The number of aliphatic hydroxyl groups is 1. The fourth-order valence-electron chi connectivity index (χ4n) is 3.36. The Morgan fingerprint density at radius 3 is 2.35 bits per heavy atom. The Balaban J connectivity index is 1.68. The number of aromatic nitrogens is 1. The van der Waals surface area contributed by atoms with Crippen molar-refractivity contribution in [1.29, 1.82) is 0 Å². The number of hydrazine groups is 2. The van der Waals surface area contributed by atoms with Crippen LogP contribution in [0.3, 0.4) is 0 Å². The van der Waals surface area contributed by atoms with Crippen molar-refractivity contribution in [2.45, 2.75) is 11.5 Å². The highest BCUT2D eigenvalue weighted by molar-refractivity contribution is 6.30. The van der Waals surface area contributed by atoms with Gasteiger partial charge in [0.05, 0.1) is 12.7 Å². The molecule has 0 aliphatic carbocycles. The number of hydrogen-bond donors (Lipinski definition) is 2. The first-order valence-electron chi connectivity index (χ1n) is 9.85. The molecule has 0 amide bonds. The highest BCUT2D eigenvalue weighted by Gasteiger charge is 2.58. The molecule has 0 fully saturated rings. The summed E-state index contributed by atoms with van der Waals surface area (Å²) in [6, 6.07) is 10.5. The molecule has 2 N–H and O–H groups in total. The number of halogens is 5. The third-order valence-electron chi connectivity index (χ3n) is 5.04. The highest BCUT2D eigenvalue weighted by Crippen LogP contribution is 2.46. The van der Waals surface area contributed by atoms with Crippen molar-refractivity contribution < 1.29 is 27.4 Å². The molecule has 0 spiro atoms. The van der Waals surface area contributed by atoms with Crippen LogP contribution in [-0.2, 0) is 11.5 Å². The van der Waals surface area contributed by atoms with Gasteiger partial charge in [0.1, 0.15) is 35.2 Å². The Morgan fingerprint density at radius 1 is 1.06 bits per heavy atom. The Morgan fingerprint density at radius 2 is 1.76 bits per heavy atom. The molecule has 1 aliphatic rings. The lowest BCUT2D eigenvalue weighted by atomic mass is 9.84. The highest BCUT2D eigenvalue weighted by atomic mass is 35.5. The van der Waals surface area contributed by atoms with Crippen LogP contribution in [0.5, 0.6) is 11.5 Å². The van der Waals surface area contributed by atoms with E-state index in [9.17, 15) is 13.9 Å². The smallest absolute Gasteiger partial charge is 0.323 e. The van der Waals surface area contributed by atoms with Gasteiger partial charge in [0.15, 0.2) is 5.60 Å². The van der Waals surface area contributed by atoms with Gasteiger partial charge in [0, 0.05) is 23.7 Å². The SMILES string of the molecule is CN1N=CN(CC(O)(c2ccc(F)cc2F)C(F)(F)c2ccc(Oc3ccc(Cl)cc3)cn2)N1. The van der Waals surface area contributed by atoms with Crippen molar-refractivity contribution in [1.82, 2.24) is 20.6 Å². The Labute approximate surface area is 196 Å². The summed E-state index contributed by atoms with van der Waals surface area (Å²) in [7, 11) is 1.49. The fraction of sp³-hybridized carbons (Fsp3) is 0.182. The second-order valence-corrected chi connectivity index (χ2v) is 7.91. The van der Waals surface area contributed by atoms with Crippen LogP contribution >= 0.6 is 11.6 Å². The molecule has 2 aromatic carbocycles.